The van der Waals surface area contributed by atoms with E-state index in [2.05, 4.69) is 16.0 Å². The second-order valence-corrected chi connectivity index (χ2v) is 6.50. The summed E-state index contributed by atoms with van der Waals surface area (Å²) in [5, 5.41) is 18.9. The van der Waals surface area contributed by atoms with Crippen molar-refractivity contribution in [1.29, 1.82) is 5.26 Å². The van der Waals surface area contributed by atoms with Crippen molar-refractivity contribution in [2.24, 2.45) is 0 Å². The molecule has 0 aliphatic rings. The average molecular weight is 394 g/mol. The molecule has 140 valence electrons. The molecule has 1 N–H and O–H groups in total. The molecule has 0 amide bonds. The van der Waals surface area contributed by atoms with Crippen molar-refractivity contribution in [3.63, 3.8) is 0 Å². The number of ether oxygens (including phenoxy) is 1. The third kappa shape index (κ3) is 4.45. The van der Waals surface area contributed by atoms with E-state index in [1.54, 1.807) is 31.2 Å². The molecule has 0 aliphatic heterocycles. The first kappa shape index (κ1) is 19.3. The lowest BCUT2D eigenvalue weighted by atomic mass is 10.0. The summed E-state index contributed by atoms with van der Waals surface area (Å²) in [7, 11) is 0. The molecule has 0 bridgehead atoms. The van der Waals surface area contributed by atoms with Gasteiger partial charge < -0.3 is 9.84 Å². The summed E-state index contributed by atoms with van der Waals surface area (Å²) < 4.78 is 5.84. The number of rotatable bonds is 6. The number of benzene rings is 2. The molecule has 2 aromatic carbocycles. The van der Waals surface area contributed by atoms with Crippen LogP contribution in [0.4, 0.5) is 0 Å². The SMILES string of the molecule is Cc1nc(C(=O)O)nc(OCc2cccc(C#N)c2)c1Cc1ccccc1Cl. The molecule has 0 saturated carbocycles. The second-order valence-electron chi connectivity index (χ2n) is 6.09. The molecule has 28 heavy (non-hydrogen) atoms. The summed E-state index contributed by atoms with van der Waals surface area (Å²) in [4.78, 5) is 19.5. The van der Waals surface area contributed by atoms with Crippen molar-refractivity contribution in [3.05, 3.63) is 87.3 Å². The monoisotopic (exact) mass is 393 g/mol. The molecule has 6 nitrogen and oxygen atoms in total. The van der Waals surface area contributed by atoms with Gasteiger partial charge in [0.2, 0.25) is 11.7 Å². The maximum atomic E-state index is 11.3. The fourth-order valence-electron chi connectivity index (χ4n) is 2.70. The molecule has 0 spiro atoms. The minimum atomic E-state index is -1.23. The first-order valence-electron chi connectivity index (χ1n) is 8.44. The summed E-state index contributed by atoms with van der Waals surface area (Å²) in [5.74, 6) is -1.38. The van der Waals surface area contributed by atoms with Crippen LogP contribution in [0.1, 0.15) is 38.6 Å². The number of nitriles is 1. The van der Waals surface area contributed by atoms with Gasteiger partial charge in [0.05, 0.1) is 11.6 Å². The smallest absolute Gasteiger partial charge is 0.374 e. The van der Waals surface area contributed by atoms with Crippen molar-refractivity contribution in [3.8, 4) is 11.9 Å². The van der Waals surface area contributed by atoms with Crippen LogP contribution in [0.15, 0.2) is 48.5 Å². The molecule has 0 atom stereocenters. The van der Waals surface area contributed by atoms with E-state index in [4.69, 9.17) is 21.6 Å². The van der Waals surface area contributed by atoms with Gasteiger partial charge in [-0.25, -0.2) is 9.78 Å². The van der Waals surface area contributed by atoms with Crippen LogP contribution < -0.4 is 4.74 Å². The topological polar surface area (TPSA) is 96.1 Å². The van der Waals surface area contributed by atoms with Gasteiger partial charge in [-0.15, -0.1) is 0 Å². The first-order chi connectivity index (χ1) is 13.5. The van der Waals surface area contributed by atoms with Crippen LogP contribution in [0, 0.1) is 18.3 Å². The zero-order valence-electron chi connectivity index (χ0n) is 15.0. The number of hydrogen-bond acceptors (Lipinski definition) is 5. The fraction of sp³-hybridized carbons (Fsp3) is 0.143. The van der Waals surface area contributed by atoms with E-state index < -0.39 is 5.97 Å². The Balaban J connectivity index is 1.95. The van der Waals surface area contributed by atoms with Crippen molar-refractivity contribution >= 4 is 17.6 Å². The molecule has 0 saturated heterocycles. The molecular weight excluding hydrogens is 378 g/mol. The van der Waals surface area contributed by atoms with E-state index in [9.17, 15) is 9.90 Å². The summed E-state index contributed by atoms with van der Waals surface area (Å²) >= 11 is 6.26. The highest BCUT2D eigenvalue weighted by Crippen LogP contribution is 2.26. The van der Waals surface area contributed by atoms with Gasteiger partial charge in [-0.2, -0.15) is 10.2 Å². The number of nitrogens with zero attached hydrogens (tertiary/aromatic N) is 3. The van der Waals surface area contributed by atoms with Gasteiger partial charge in [0.25, 0.3) is 0 Å². The summed E-state index contributed by atoms with van der Waals surface area (Å²) in [6, 6.07) is 16.4. The largest absolute Gasteiger partial charge is 0.475 e. The Bertz CT molecular complexity index is 1080. The van der Waals surface area contributed by atoms with Crippen LogP contribution in [0.25, 0.3) is 0 Å². The van der Waals surface area contributed by atoms with Crippen LogP contribution in [0.3, 0.4) is 0 Å². The third-order valence-electron chi connectivity index (χ3n) is 4.12. The van der Waals surface area contributed by atoms with E-state index in [1.807, 2.05) is 24.3 Å². The lowest BCUT2D eigenvalue weighted by Gasteiger charge is -2.14. The molecule has 0 fully saturated rings. The fourth-order valence-corrected chi connectivity index (χ4v) is 2.91. The van der Waals surface area contributed by atoms with E-state index in [0.717, 1.165) is 11.1 Å². The number of hydrogen-bond donors (Lipinski definition) is 1. The van der Waals surface area contributed by atoms with E-state index in [0.29, 0.717) is 28.3 Å². The van der Waals surface area contributed by atoms with Crippen LogP contribution in [0.5, 0.6) is 5.88 Å². The van der Waals surface area contributed by atoms with Crippen LogP contribution in [-0.4, -0.2) is 21.0 Å². The predicted octanol–water partition coefficient (Wildman–Crippen LogP) is 4.18. The maximum Gasteiger partial charge on any atom is 0.374 e. The van der Waals surface area contributed by atoms with Gasteiger partial charge in [-0.05, 0) is 36.2 Å². The normalized spacial score (nSPS) is 10.3. The Morgan fingerprint density at radius 2 is 2.00 bits per heavy atom. The second kappa shape index (κ2) is 8.51. The highest BCUT2D eigenvalue weighted by molar-refractivity contribution is 6.31. The third-order valence-corrected chi connectivity index (χ3v) is 4.49. The van der Waals surface area contributed by atoms with Gasteiger partial charge in [0.1, 0.15) is 6.61 Å². The van der Waals surface area contributed by atoms with Crippen molar-refractivity contribution in [2.75, 3.05) is 0 Å². The Kier molecular flexibility index (Phi) is 5.87. The Labute approximate surface area is 167 Å². The van der Waals surface area contributed by atoms with Gasteiger partial charge in [0, 0.05) is 22.7 Å². The Hall–Kier alpha value is -3.43. The molecule has 3 aromatic rings. The molecule has 0 aliphatic carbocycles. The number of carboxylic acid groups (broad SMARTS) is 1. The van der Waals surface area contributed by atoms with Gasteiger partial charge in [-0.1, -0.05) is 41.9 Å². The van der Waals surface area contributed by atoms with E-state index in [1.165, 1.54) is 0 Å². The highest BCUT2D eigenvalue weighted by atomic mass is 35.5. The van der Waals surface area contributed by atoms with Crippen molar-refractivity contribution < 1.29 is 14.6 Å². The van der Waals surface area contributed by atoms with Crippen LogP contribution in [0.2, 0.25) is 5.02 Å². The summed E-state index contributed by atoms with van der Waals surface area (Å²) in [5.41, 5.74) is 3.32. The number of carbonyl (C=O) groups is 1. The standard InChI is InChI=1S/C21H16ClN3O3/c1-13-17(10-16-7-2-3-8-18(16)22)20(25-19(24-13)21(26)27)28-12-15-6-4-5-14(9-15)11-23/h2-9H,10,12H2,1H3,(H,26,27). The quantitative estimate of drug-likeness (QED) is 0.674. The molecule has 0 unspecified atom stereocenters. The van der Waals surface area contributed by atoms with Gasteiger partial charge in [0.15, 0.2) is 0 Å². The number of aromatic carboxylic acids is 1. The van der Waals surface area contributed by atoms with Crippen LogP contribution in [-0.2, 0) is 13.0 Å². The molecule has 1 heterocycles. The zero-order chi connectivity index (χ0) is 20.1. The number of aryl methyl sites for hydroxylation is 1. The summed E-state index contributed by atoms with van der Waals surface area (Å²) in [6.45, 7) is 1.85. The number of halogens is 1. The lowest BCUT2D eigenvalue weighted by Crippen LogP contribution is -2.12. The molecule has 1 aromatic heterocycles. The lowest BCUT2D eigenvalue weighted by molar-refractivity contribution is 0.0681. The Morgan fingerprint density at radius 1 is 1.21 bits per heavy atom. The molecule has 0 radical (unpaired) electrons. The van der Waals surface area contributed by atoms with Crippen molar-refractivity contribution in [1.82, 2.24) is 9.97 Å². The average Bonchev–Trinajstić information content (AvgIpc) is 2.69. The number of carboxylic acids is 1. The maximum absolute atomic E-state index is 11.3. The molecule has 3 rings (SSSR count). The minimum Gasteiger partial charge on any atom is -0.475 e. The molecule has 7 heteroatoms. The Morgan fingerprint density at radius 3 is 2.71 bits per heavy atom. The molecular formula is C21H16ClN3O3. The van der Waals surface area contributed by atoms with E-state index in [-0.39, 0.29) is 18.3 Å². The zero-order valence-corrected chi connectivity index (χ0v) is 15.8. The highest BCUT2D eigenvalue weighted by Gasteiger charge is 2.18. The predicted molar refractivity (Wildman–Crippen MR) is 103 cm³/mol. The first-order valence-corrected chi connectivity index (χ1v) is 8.81. The van der Waals surface area contributed by atoms with Crippen LogP contribution >= 0.6 is 11.6 Å². The number of aromatic nitrogens is 2. The van der Waals surface area contributed by atoms with E-state index >= 15 is 0 Å². The van der Waals surface area contributed by atoms with Gasteiger partial charge in [-0.3, -0.25) is 0 Å². The van der Waals surface area contributed by atoms with Gasteiger partial charge >= 0.3 is 5.97 Å². The van der Waals surface area contributed by atoms with Crippen molar-refractivity contribution in [2.45, 2.75) is 20.0 Å². The minimum absolute atomic E-state index is 0.139. The summed E-state index contributed by atoms with van der Waals surface area (Å²) in [6.07, 6.45) is 0.402.